The van der Waals surface area contributed by atoms with E-state index in [2.05, 4.69) is 10.2 Å². The van der Waals surface area contributed by atoms with Gasteiger partial charge in [0.1, 0.15) is 5.75 Å². The van der Waals surface area contributed by atoms with E-state index in [1.807, 2.05) is 43.0 Å². The van der Waals surface area contributed by atoms with E-state index in [0.29, 0.717) is 24.4 Å². The van der Waals surface area contributed by atoms with Crippen molar-refractivity contribution in [3.05, 3.63) is 35.7 Å². The fourth-order valence-corrected chi connectivity index (χ4v) is 2.91. The smallest absolute Gasteiger partial charge is 0.284 e. The molecule has 1 fully saturated rings. The topological polar surface area (TPSA) is 45.9 Å². The number of ether oxygens (including phenoxy) is 1. The minimum absolute atomic E-state index is 0.145. The van der Waals surface area contributed by atoms with Crippen LogP contribution in [-0.4, -0.2) is 35.2 Å². The summed E-state index contributed by atoms with van der Waals surface area (Å²) in [5, 5.41) is 2.90. The molecule has 0 saturated carbocycles. The van der Waals surface area contributed by atoms with Crippen LogP contribution < -0.4 is 10.1 Å². The molecule has 3 rings (SSSR count). The van der Waals surface area contributed by atoms with Crippen molar-refractivity contribution in [3.8, 4) is 5.75 Å². The van der Waals surface area contributed by atoms with Crippen molar-refractivity contribution in [2.24, 2.45) is 0 Å². The van der Waals surface area contributed by atoms with Gasteiger partial charge in [0.05, 0.1) is 18.7 Å². The number of anilines is 1. The second-order valence-corrected chi connectivity index (χ2v) is 5.63. The Hall–Kier alpha value is -2.06. The first-order valence-electron chi connectivity index (χ1n) is 6.77. The molecule has 5 heteroatoms. The quantitative estimate of drug-likeness (QED) is 0.796. The van der Waals surface area contributed by atoms with Crippen LogP contribution in [-0.2, 0) is 4.79 Å². The predicted molar refractivity (Wildman–Crippen MR) is 75.3 cm³/mol. The normalized spacial score (nSPS) is 28.9. The number of likely N-dealkylation sites (tertiary alicyclic amines) is 1. The maximum atomic E-state index is 12.4. The summed E-state index contributed by atoms with van der Waals surface area (Å²) < 4.78 is 6.01. The lowest BCUT2D eigenvalue weighted by molar-refractivity contribution is -0.131. The summed E-state index contributed by atoms with van der Waals surface area (Å²) in [5.41, 5.74) is -0.237. The van der Waals surface area contributed by atoms with Crippen molar-refractivity contribution >= 4 is 11.6 Å². The molecule has 1 spiro atoms. The van der Waals surface area contributed by atoms with Gasteiger partial charge in [0.15, 0.2) is 0 Å². The number of fused-ring (bicyclic) bond motifs is 1. The van der Waals surface area contributed by atoms with Crippen LogP contribution in [0, 0.1) is 6.57 Å². The molecule has 1 amide bonds. The largest absolute Gasteiger partial charge is 0.473 e. The Kier molecular flexibility index (Phi) is 2.91. The maximum Gasteiger partial charge on any atom is 0.284 e. The average Bonchev–Trinajstić information content (AvgIpc) is 2.80. The van der Waals surface area contributed by atoms with Crippen LogP contribution in [0.4, 0.5) is 5.69 Å². The highest BCUT2D eigenvalue weighted by molar-refractivity contribution is 6.01. The van der Waals surface area contributed by atoms with Gasteiger partial charge in [-0.3, -0.25) is 9.64 Å². The molecule has 2 atom stereocenters. The molecule has 1 saturated heterocycles. The Morgan fingerprint density at radius 3 is 2.90 bits per heavy atom. The van der Waals surface area contributed by atoms with Crippen molar-refractivity contribution in [2.75, 3.05) is 11.9 Å². The summed E-state index contributed by atoms with van der Waals surface area (Å²) >= 11 is 0. The van der Waals surface area contributed by atoms with E-state index < -0.39 is 5.60 Å². The molecule has 2 aliphatic heterocycles. The van der Waals surface area contributed by atoms with Gasteiger partial charge in [-0.05, 0) is 26.0 Å². The van der Waals surface area contributed by atoms with Crippen molar-refractivity contribution in [2.45, 2.75) is 38.1 Å². The number of nitrogens with zero attached hydrogens (tertiary/aromatic N) is 2. The molecule has 1 aromatic carbocycles. The van der Waals surface area contributed by atoms with Crippen molar-refractivity contribution in [1.82, 2.24) is 4.90 Å². The molecule has 2 heterocycles. The monoisotopic (exact) mass is 271 g/mol. The van der Waals surface area contributed by atoms with Crippen LogP contribution in [0.25, 0.3) is 4.85 Å². The first kappa shape index (κ1) is 12.9. The summed E-state index contributed by atoms with van der Waals surface area (Å²) in [6, 6.07) is 7.62. The predicted octanol–water partition coefficient (Wildman–Crippen LogP) is 2.12. The molecule has 104 valence electrons. The zero-order valence-electron chi connectivity index (χ0n) is 11.6. The molecular weight excluding hydrogens is 254 g/mol. The van der Waals surface area contributed by atoms with E-state index in [4.69, 9.17) is 11.3 Å². The second kappa shape index (κ2) is 4.50. The molecule has 20 heavy (non-hydrogen) atoms. The zero-order valence-corrected chi connectivity index (χ0v) is 11.6. The van der Waals surface area contributed by atoms with Gasteiger partial charge in [-0.15, -0.1) is 0 Å². The summed E-state index contributed by atoms with van der Waals surface area (Å²) in [6.07, 6.45) is 0.112. The van der Waals surface area contributed by atoms with Crippen molar-refractivity contribution < 1.29 is 9.53 Å². The highest BCUT2D eigenvalue weighted by atomic mass is 16.5. The van der Waals surface area contributed by atoms with E-state index in [9.17, 15) is 4.79 Å². The third-order valence-corrected chi connectivity index (χ3v) is 4.00. The standard InChI is InChI=1S/C15H17N3O2/c1-10(2)18-9-15(8-13(18)16-3)14(19)17-11-6-4-5-7-12(11)20-15/h4-7,10,13H,8-9H2,1-2H3,(H,17,19)/t13-,15+/m0/s1. The molecule has 0 unspecified atom stereocenters. The first-order chi connectivity index (χ1) is 9.55. The summed E-state index contributed by atoms with van der Waals surface area (Å²) in [4.78, 5) is 18.1. The molecule has 1 aromatic rings. The molecule has 5 nitrogen and oxygen atoms in total. The Labute approximate surface area is 118 Å². The lowest BCUT2D eigenvalue weighted by atomic mass is 9.98. The summed E-state index contributed by atoms with van der Waals surface area (Å²) in [6.45, 7) is 11.9. The molecule has 2 aliphatic rings. The average molecular weight is 271 g/mol. The number of para-hydroxylation sites is 2. The van der Waals surface area contributed by atoms with Gasteiger partial charge in [-0.1, -0.05) is 12.1 Å². The molecule has 0 aromatic heterocycles. The minimum atomic E-state index is -0.937. The van der Waals surface area contributed by atoms with Crippen molar-refractivity contribution in [3.63, 3.8) is 0 Å². The Morgan fingerprint density at radius 2 is 2.25 bits per heavy atom. The van der Waals surface area contributed by atoms with E-state index in [1.165, 1.54) is 0 Å². The number of nitrogens with one attached hydrogen (secondary N) is 1. The number of hydrogen-bond donors (Lipinski definition) is 1. The molecule has 0 aliphatic carbocycles. The maximum absolute atomic E-state index is 12.4. The van der Waals surface area contributed by atoms with Gasteiger partial charge >= 0.3 is 0 Å². The number of rotatable bonds is 1. The highest BCUT2D eigenvalue weighted by Gasteiger charge is 2.57. The Morgan fingerprint density at radius 1 is 1.50 bits per heavy atom. The summed E-state index contributed by atoms with van der Waals surface area (Å²) in [5.74, 6) is 0.537. The number of carbonyl (C=O) groups excluding carboxylic acids is 1. The Bertz CT molecular complexity index is 593. The van der Waals surface area contributed by atoms with Crippen LogP contribution in [0.1, 0.15) is 20.3 Å². The van der Waals surface area contributed by atoms with E-state index in [1.54, 1.807) is 0 Å². The van der Waals surface area contributed by atoms with Gasteiger partial charge in [0.25, 0.3) is 12.1 Å². The second-order valence-electron chi connectivity index (χ2n) is 5.63. The number of amides is 1. The van der Waals surface area contributed by atoms with Crippen LogP contribution in [0.15, 0.2) is 24.3 Å². The fraction of sp³-hybridized carbons (Fsp3) is 0.467. The SMILES string of the molecule is [C-]#[N+][C@@H]1C[C@]2(CN1C(C)C)Oc1ccccc1NC2=O. The number of carbonyl (C=O) groups is 1. The van der Waals surface area contributed by atoms with Crippen molar-refractivity contribution in [1.29, 1.82) is 0 Å². The third-order valence-electron chi connectivity index (χ3n) is 4.00. The number of benzene rings is 1. The fourth-order valence-electron chi connectivity index (χ4n) is 2.91. The molecule has 0 radical (unpaired) electrons. The lowest BCUT2D eigenvalue weighted by Crippen LogP contribution is -2.53. The van der Waals surface area contributed by atoms with E-state index in [0.717, 1.165) is 0 Å². The molecule has 0 bridgehead atoms. The van der Waals surface area contributed by atoms with Gasteiger partial charge < -0.3 is 10.1 Å². The first-order valence-corrected chi connectivity index (χ1v) is 6.77. The summed E-state index contributed by atoms with van der Waals surface area (Å²) in [7, 11) is 0. The number of hydrogen-bond acceptors (Lipinski definition) is 3. The molecular formula is C15H17N3O2. The molecule has 1 N–H and O–H groups in total. The van der Waals surface area contributed by atoms with Crippen LogP contribution >= 0.6 is 0 Å². The van der Waals surface area contributed by atoms with Gasteiger partial charge in [0, 0.05) is 6.04 Å². The van der Waals surface area contributed by atoms with Crippen LogP contribution in [0.2, 0.25) is 0 Å². The van der Waals surface area contributed by atoms with Gasteiger partial charge in [0.2, 0.25) is 5.60 Å². The van der Waals surface area contributed by atoms with Gasteiger partial charge in [-0.2, -0.15) is 0 Å². The minimum Gasteiger partial charge on any atom is -0.473 e. The van der Waals surface area contributed by atoms with E-state index in [-0.39, 0.29) is 18.1 Å². The van der Waals surface area contributed by atoms with Gasteiger partial charge in [-0.25, -0.2) is 11.5 Å². The third kappa shape index (κ3) is 1.84. The van der Waals surface area contributed by atoms with E-state index >= 15 is 0 Å². The lowest BCUT2D eigenvalue weighted by Gasteiger charge is -2.34. The highest BCUT2D eigenvalue weighted by Crippen LogP contribution is 2.40. The Balaban J connectivity index is 1.95. The van der Waals surface area contributed by atoms with Crippen LogP contribution in [0.3, 0.4) is 0 Å². The van der Waals surface area contributed by atoms with Crippen LogP contribution in [0.5, 0.6) is 5.75 Å². The zero-order chi connectivity index (χ0) is 14.3.